The first-order valence-corrected chi connectivity index (χ1v) is 9.28. The van der Waals surface area contributed by atoms with Crippen molar-refractivity contribution in [3.63, 3.8) is 0 Å². The summed E-state index contributed by atoms with van der Waals surface area (Å²) >= 11 is 13.3. The van der Waals surface area contributed by atoms with Gasteiger partial charge in [-0.05, 0) is 37.3 Å². The summed E-state index contributed by atoms with van der Waals surface area (Å²) in [6.07, 6.45) is 0. The number of ether oxygens (including phenoxy) is 1. The van der Waals surface area contributed by atoms with Crippen molar-refractivity contribution >= 4 is 46.8 Å². The minimum absolute atomic E-state index is 0.247. The molecule has 0 radical (unpaired) electrons. The Balaban J connectivity index is 1.67. The quantitative estimate of drug-likeness (QED) is 0.428. The molecule has 0 bridgehead atoms. The predicted molar refractivity (Wildman–Crippen MR) is 102 cm³/mol. The van der Waals surface area contributed by atoms with Crippen LogP contribution >= 0.6 is 35.0 Å². The molecule has 2 rings (SSSR count). The molecule has 2 aromatic carbocycles. The lowest BCUT2D eigenvalue weighted by atomic mass is 10.2. The maximum Gasteiger partial charge on any atom is 0.338 e. The lowest BCUT2D eigenvalue weighted by molar-refractivity contribution is -0.124. The van der Waals surface area contributed by atoms with Crippen molar-refractivity contribution in [2.45, 2.75) is 11.8 Å². The topological polar surface area (TPSA) is 55.4 Å². The molecule has 0 saturated carbocycles. The van der Waals surface area contributed by atoms with Gasteiger partial charge in [0.25, 0.3) is 5.91 Å². The molecule has 0 aliphatic heterocycles. The van der Waals surface area contributed by atoms with Gasteiger partial charge in [0, 0.05) is 17.2 Å². The number of esters is 1. The highest BCUT2D eigenvalue weighted by Gasteiger charge is 2.11. The van der Waals surface area contributed by atoms with E-state index in [1.54, 1.807) is 11.8 Å². The van der Waals surface area contributed by atoms with Crippen molar-refractivity contribution in [3.8, 4) is 0 Å². The molecular formula is C18H17Cl2NO3S. The van der Waals surface area contributed by atoms with Crippen LogP contribution in [0.1, 0.15) is 15.9 Å². The molecule has 0 aliphatic carbocycles. The van der Waals surface area contributed by atoms with Crippen molar-refractivity contribution < 1.29 is 14.3 Å². The Morgan fingerprint density at radius 3 is 2.48 bits per heavy atom. The molecule has 7 heteroatoms. The molecule has 0 fully saturated rings. The number of nitrogens with one attached hydrogen (secondary N) is 1. The minimum atomic E-state index is -0.622. The van der Waals surface area contributed by atoms with Gasteiger partial charge in [-0.15, -0.1) is 11.8 Å². The zero-order chi connectivity index (χ0) is 18.2. The summed E-state index contributed by atoms with van der Waals surface area (Å²) in [5.74, 6) is -0.240. The number of amides is 1. The second-order valence-corrected chi connectivity index (χ2v) is 7.20. The third kappa shape index (κ3) is 6.61. The molecule has 1 N–H and O–H groups in total. The Bertz CT molecular complexity index is 750. The van der Waals surface area contributed by atoms with Crippen LogP contribution in [-0.4, -0.2) is 30.8 Å². The van der Waals surface area contributed by atoms with Crippen molar-refractivity contribution in [3.05, 3.63) is 63.6 Å². The van der Waals surface area contributed by atoms with Crippen molar-refractivity contribution in [1.29, 1.82) is 0 Å². The highest BCUT2D eigenvalue weighted by Crippen LogP contribution is 2.22. The van der Waals surface area contributed by atoms with E-state index in [4.69, 9.17) is 27.9 Å². The Morgan fingerprint density at radius 1 is 1.08 bits per heavy atom. The third-order valence-corrected chi connectivity index (χ3v) is 4.96. The zero-order valence-corrected chi connectivity index (χ0v) is 15.9. The molecule has 0 unspecified atom stereocenters. The smallest absolute Gasteiger partial charge is 0.338 e. The molecular weight excluding hydrogens is 381 g/mol. The Hall–Kier alpha value is -1.69. The number of hydrogen-bond acceptors (Lipinski definition) is 4. The van der Waals surface area contributed by atoms with E-state index in [1.165, 1.54) is 23.8 Å². The summed E-state index contributed by atoms with van der Waals surface area (Å²) in [7, 11) is 0. The van der Waals surface area contributed by atoms with Gasteiger partial charge in [-0.25, -0.2) is 4.79 Å². The maximum atomic E-state index is 11.8. The number of carbonyl (C=O) groups excluding carboxylic acids is 2. The molecule has 25 heavy (non-hydrogen) atoms. The maximum absolute atomic E-state index is 11.8. The fourth-order valence-corrected chi connectivity index (χ4v) is 2.95. The third-order valence-electron chi connectivity index (χ3n) is 3.20. The molecule has 0 atom stereocenters. The molecule has 0 aromatic heterocycles. The van der Waals surface area contributed by atoms with E-state index in [0.717, 1.165) is 10.6 Å². The van der Waals surface area contributed by atoms with Crippen LogP contribution in [0.25, 0.3) is 0 Å². The van der Waals surface area contributed by atoms with Crippen molar-refractivity contribution in [2.75, 3.05) is 18.9 Å². The predicted octanol–water partition coefficient (Wildman–Crippen LogP) is 4.37. The normalized spacial score (nSPS) is 10.4. The SMILES string of the molecule is Cc1ccc(SCCNC(=O)COC(=O)c2ccc(Cl)c(Cl)c2)cc1. The van der Waals surface area contributed by atoms with Crippen LogP contribution in [0.3, 0.4) is 0 Å². The van der Waals surface area contributed by atoms with Gasteiger partial charge in [0.1, 0.15) is 0 Å². The second-order valence-electron chi connectivity index (χ2n) is 5.22. The number of rotatable bonds is 7. The van der Waals surface area contributed by atoms with E-state index >= 15 is 0 Å². The van der Waals surface area contributed by atoms with Gasteiger partial charge in [0.05, 0.1) is 15.6 Å². The highest BCUT2D eigenvalue weighted by molar-refractivity contribution is 7.99. The summed E-state index contributed by atoms with van der Waals surface area (Å²) < 4.78 is 4.95. The number of aryl methyl sites for hydroxylation is 1. The molecule has 0 spiro atoms. The number of halogens is 2. The average molecular weight is 398 g/mol. The summed E-state index contributed by atoms with van der Waals surface area (Å²) in [5.41, 5.74) is 1.46. The van der Waals surface area contributed by atoms with Gasteiger partial charge in [-0.2, -0.15) is 0 Å². The first kappa shape index (κ1) is 19.6. The van der Waals surface area contributed by atoms with Crippen LogP contribution in [0.4, 0.5) is 0 Å². The van der Waals surface area contributed by atoms with Gasteiger partial charge in [0.2, 0.25) is 0 Å². The van der Waals surface area contributed by atoms with Crippen LogP contribution in [-0.2, 0) is 9.53 Å². The largest absolute Gasteiger partial charge is 0.452 e. The monoisotopic (exact) mass is 397 g/mol. The fraction of sp³-hybridized carbons (Fsp3) is 0.222. The minimum Gasteiger partial charge on any atom is -0.452 e. The Kier molecular flexibility index (Phi) is 7.62. The van der Waals surface area contributed by atoms with Crippen molar-refractivity contribution in [2.24, 2.45) is 0 Å². The fourth-order valence-electron chi connectivity index (χ4n) is 1.88. The lowest BCUT2D eigenvalue weighted by Gasteiger charge is -2.07. The van der Waals surface area contributed by atoms with E-state index < -0.39 is 5.97 Å². The molecule has 0 saturated heterocycles. The number of benzene rings is 2. The standard InChI is InChI=1S/C18H17Cl2NO3S/c1-12-2-5-14(6-3-12)25-9-8-21-17(22)11-24-18(23)13-4-7-15(19)16(20)10-13/h2-7,10H,8-9,11H2,1H3,(H,21,22). The van der Waals surface area contributed by atoms with Gasteiger partial charge >= 0.3 is 5.97 Å². The summed E-state index contributed by atoms with van der Waals surface area (Å²) in [5, 5.41) is 3.31. The number of carbonyl (C=O) groups is 2. The Morgan fingerprint density at radius 2 is 1.80 bits per heavy atom. The first-order valence-electron chi connectivity index (χ1n) is 7.54. The summed E-state index contributed by atoms with van der Waals surface area (Å²) in [4.78, 5) is 24.7. The van der Waals surface area contributed by atoms with Crippen LogP contribution in [0.15, 0.2) is 47.4 Å². The van der Waals surface area contributed by atoms with Gasteiger partial charge in [-0.1, -0.05) is 40.9 Å². The van der Waals surface area contributed by atoms with Gasteiger partial charge in [-0.3, -0.25) is 4.79 Å². The lowest BCUT2D eigenvalue weighted by Crippen LogP contribution is -2.30. The van der Waals surface area contributed by atoms with Crippen LogP contribution in [0.5, 0.6) is 0 Å². The number of hydrogen-bond donors (Lipinski definition) is 1. The van der Waals surface area contributed by atoms with Crippen LogP contribution in [0.2, 0.25) is 10.0 Å². The van der Waals surface area contributed by atoms with Crippen LogP contribution < -0.4 is 5.32 Å². The van der Waals surface area contributed by atoms with E-state index in [0.29, 0.717) is 11.6 Å². The van der Waals surface area contributed by atoms with E-state index in [1.807, 2.05) is 31.2 Å². The molecule has 132 valence electrons. The van der Waals surface area contributed by atoms with Crippen molar-refractivity contribution in [1.82, 2.24) is 5.32 Å². The summed E-state index contributed by atoms with van der Waals surface area (Å²) in [6, 6.07) is 12.6. The highest BCUT2D eigenvalue weighted by atomic mass is 35.5. The second kappa shape index (κ2) is 9.70. The average Bonchev–Trinajstić information content (AvgIpc) is 2.60. The molecule has 2 aromatic rings. The zero-order valence-electron chi connectivity index (χ0n) is 13.6. The number of thioether (sulfide) groups is 1. The van der Waals surface area contributed by atoms with Gasteiger partial charge < -0.3 is 10.1 Å². The van der Waals surface area contributed by atoms with Gasteiger partial charge in [0.15, 0.2) is 6.61 Å². The van der Waals surface area contributed by atoms with Crippen LogP contribution in [0, 0.1) is 6.92 Å². The molecule has 1 amide bonds. The molecule has 0 heterocycles. The first-order chi connectivity index (χ1) is 12.0. The Labute approximate surface area is 160 Å². The van der Waals surface area contributed by atoms with E-state index in [2.05, 4.69) is 5.32 Å². The van der Waals surface area contributed by atoms with E-state index in [9.17, 15) is 9.59 Å². The molecule has 0 aliphatic rings. The van der Waals surface area contributed by atoms with E-state index in [-0.39, 0.29) is 23.1 Å². The molecule has 4 nitrogen and oxygen atoms in total. The summed E-state index contributed by atoms with van der Waals surface area (Å²) in [6.45, 7) is 2.18.